The fraction of sp³-hybridized carbons (Fsp3) is 0.346. The van der Waals surface area contributed by atoms with E-state index in [2.05, 4.69) is 20.7 Å². The van der Waals surface area contributed by atoms with Gasteiger partial charge in [-0.2, -0.15) is 4.80 Å². The van der Waals surface area contributed by atoms with Gasteiger partial charge in [0, 0.05) is 11.7 Å². The largest absolute Gasteiger partial charge is 0.464 e. The smallest absolute Gasteiger partial charge is 0.251 e. The minimum atomic E-state index is -0.995. The van der Waals surface area contributed by atoms with E-state index in [9.17, 15) is 9.59 Å². The number of carbonyl (C=O) groups excluding carboxylic acids is 2. The predicted octanol–water partition coefficient (Wildman–Crippen LogP) is 3.98. The molecule has 1 atom stereocenters. The molecule has 2 amide bonds. The molecule has 0 saturated heterocycles. The zero-order valence-corrected chi connectivity index (χ0v) is 20.3. The molecular weight excluding hydrogens is 460 g/mol. The van der Waals surface area contributed by atoms with Crippen molar-refractivity contribution in [2.75, 3.05) is 4.90 Å². The minimum absolute atomic E-state index is 0.0834. The number of anilines is 1. The van der Waals surface area contributed by atoms with Crippen molar-refractivity contribution >= 4 is 17.5 Å². The van der Waals surface area contributed by atoms with Gasteiger partial charge >= 0.3 is 0 Å². The van der Waals surface area contributed by atoms with Crippen LogP contribution in [0, 0.1) is 13.8 Å². The maximum Gasteiger partial charge on any atom is 0.251 e. The van der Waals surface area contributed by atoms with Crippen molar-refractivity contribution in [1.29, 1.82) is 0 Å². The third kappa shape index (κ3) is 5.07. The molecule has 36 heavy (non-hydrogen) atoms. The first-order chi connectivity index (χ1) is 17.5. The zero-order valence-electron chi connectivity index (χ0n) is 20.3. The normalized spacial score (nSPS) is 14.6. The second-order valence-electron chi connectivity index (χ2n) is 8.99. The van der Waals surface area contributed by atoms with Crippen LogP contribution in [0.5, 0.6) is 0 Å². The van der Waals surface area contributed by atoms with Gasteiger partial charge in [0.25, 0.3) is 11.8 Å². The van der Waals surface area contributed by atoms with Gasteiger partial charge < -0.3 is 14.2 Å². The standard InChI is InChI=1S/C26H28N6O4/c1-17-12-14-21(35-17)24(26(34)27-19-8-6-7-9-19)32(20-10-4-3-5-11-20)23(33)16-31-29-25(28-30-31)22-15-13-18(2)36-22/h3-5,10-15,19,24H,6-9,16H2,1-2H3,(H,27,34). The van der Waals surface area contributed by atoms with Gasteiger partial charge in [-0.05, 0) is 68.3 Å². The highest BCUT2D eigenvalue weighted by molar-refractivity contribution is 6.01. The Morgan fingerprint density at radius 3 is 2.42 bits per heavy atom. The van der Waals surface area contributed by atoms with Gasteiger partial charge in [-0.1, -0.05) is 31.0 Å². The molecule has 4 aromatic rings. The summed E-state index contributed by atoms with van der Waals surface area (Å²) in [6.45, 7) is 3.40. The van der Waals surface area contributed by atoms with E-state index in [0.29, 0.717) is 23.0 Å². The third-order valence-electron chi connectivity index (χ3n) is 6.23. The lowest BCUT2D eigenvalue weighted by Gasteiger charge is -2.30. The molecule has 1 unspecified atom stereocenters. The Kier molecular flexibility index (Phi) is 6.66. The summed E-state index contributed by atoms with van der Waals surface area (Å²) in [7, 11) is 0. The number of hydrogen-bond donors (Lipinski definition) is 1. The van der Waals surface area contributed by atoms with Gasteiger partial charge in [-0.3, -0.25) is 14.5 Å². The highest BCUT2D eigenvalue weighted by Gasteiger charge is 2.36. The molecule has 0 aliphatic heterocycles. The van der Waals surface area contributed by atoms with Crippen molar-refractivity contribution < 1.29 is 18.4 Å². The van der Waals surface area contributed by atoms with Crippen LogP contribution in [0.2, 0.25) is 0 Å². The summed E-state index contributed by atoms with van der Waals surface area (Å²) in [5.74, 6) is 1.83. The number of furan rings is 2. The molecule has 1 aliphatic carbocycles. The molecule has 10 heteroatoms. The van der Waals surface area contributed by atoms with E-state index in [0.717, 1.165) is 31.4 Å². The van der Waals surface area contributed by atoms with Gasteiger partial charge in [0.05, 0.1) is 0 Å². The molecule has 186 valence electrons. The quantitative estimate of drug-likeness (QED) is 0.398. The van der Waals surface area contributed by atoms with Gasteiger partial charge in [0.1, 0.15) is 23.8 Å². The van der Waals surface area contributed by atoms with Crippen molar-refractivity contribution in [3.05, 3.63) is 71.9 Å². The Bertz CT molecular complexity index is 1340. The summed E-state index contributed by atoms with van der Waals surface area (Å²) in [6.07, 6.45) is 4.00. The van der Waals surface area contributed by atoms with Crippen LogP contribution >= 0.6 is 0 Å². The van der Waals surface area contributed by atoms with Gasteiger partial charge in [-0.15, -0.1) is 10.2 Å². The van der Waals surface area contributed by atoms with Gasteiger partial charge in [-0.25, -0.2) is 0 Å². The first-order valence-electron chi connectivity index (χ1n) is 12.1. The number of para-hydroxylation sites is 1. The lowest BCUT2D eigenvalue weighted by molar-refractivity contribution is -0.128. The Morgan fingerprint density at radius 2 is 1.75 bits per heavy atom. The molecule has 3 heterocycles. The van der Waals surface area contributed by atoms with Crippen LogP contribution < -0.4 is 10.2 Å². The van der Waals surface area contributed by atoms with Crippen LogP contribution in [0.1, 0.15) is 49.0 Å². The van der Waals surface area contributed by atoms with Crippen LogP contribution in [0.25, 0.3) is 11.6 Å². The number of aryl methyl sites for hydroxylation is 2. The highest BCUT2D eigenvalue weighted by atomic mass is 16.3. The van der Waals surface area contributed by atoms with Crippen LogP contribution in [0.15, 0.2) is 63.4 Å². The van der Waals surface area contributed by atoms with Gasteiger partial charge in [0.15, 0.2) is 11.8 Å². The summed E-state index contributed by atoms with van der Waals surface area (Å²) < 4.78 is 11.4. The van der Waals surface area contributed by atoms with E-state index < -0.39 is 6.04 Å². The molecule has 0 spiro atoms. The Balaban J connectivity index is 1.47. The van der Waals surface area contributed by atoms with E-state index in [1.807, 2.05) is 25.1 Å². The molecule has 0 bridgehead atoms. The van der Waals surface area contributed by atoms with Crippen molar-refractivity contribution in [2.24, 2.45) is 0 Å². The minimum Gasteiger partial charge on any atom is -0.464 e. The molecule has 1 saturated carbocycles. The van der Waals surface area contributed by atoms with Crippen LogP contribution in [-0.2, 0) is 16.1 Å². The second-order valence-corrected chi connectivity index (χ2v) is 8.99. The maximum atomic E-state index is 13.8. The molecule has 1 aromatic carbocycles. The molecule has 1 fully saturated rings. The summed E-state index contributed by atoms with van der Waals surface area (Å²) in [4.78, 5) is 30.1. The summed E-state index contributed by atoms with van der Waals surface area (Å²) >= 11 is 0. The topological polar surface area (TPSA) is 119 Å². The number of carbonyl (C=O) groups is 2. The SMILES string of the molecule is Cc1ccc(-c2nnn(CC(=O)N(c3ccccc3)C(C(=O)NC3CCCC3)c3ccc(C)o3)n2)o1. The van der Waals surface area contributed by atoms with E-state index >= 15 is 0 Å². The number of rotatable bonds is 8. The molecule has 1 aliphatic rings. The van der Waals surface area contributed by atoms with Gasteiger partial charge in [0.2, 0.25) is 5.82 Å². The Morgan fingerprint density at radius 1 is 1.03 bits per heavy atom. The van der Waals surface area contributed by atoms with E-state index in [4.69, 9.17) is 8.83 Å². The number of benzene rings is 1. The molecule has 0 radical (unpaired) electrons. The Hall–Kier alpha value is -4.21. The number of amides is 2. The third-order valence-corrected chi connectivity index (χ3v) is 6.23. The first-order valence-corrected chi connectivity index (χ1v) is 12.1. The van der Waals surface area contributed by atoms with Crippen molar-refractivity contribution in [1.82, 2.24) is 25.5 Å². The number of tetrazole rings is 1. The summed E-state index contributed by atoms with van der Waals surface area (Å²) in [5, 5.41) is 15.5. The van der Waals surface area contributed by atoms with Crippen molar-refractivity contribution in [3.63, 3.8) is 0 Å². The van der Waals surface area contributed by atoms with Crippen LogP contribution in [-0.4, -0.2) is 38.1 Å². The second kappa shape index (κ2) is 10.2. The fourth-order valence-electron chi connectivity index (χ4n) is 4.51. The Labute approximate surface area is 208 Å². The molecular formula is C26H28N6O4. The van der Waals surface area contributed by atoms with E-state index in [1.54, 1.807) is 43.3 Å². The average molecular weight is 489 g/mol. The lowest BCUT2D eigenvalue weighted by atomic mass is 10.1. The summed E-state index contributed by atoms with van der Waals surface area (Å²) in [6, 6.07) is 15.2. The number of nitrogens with zero attached hydrogens (tertiary/aromatic N) is 5. The number of hydrogen-bond acceptors (Lipinski definition) is 7. The van der Waals surface area contributed by atoms with Crippen molar-refractivity contribution in [3.8, 4) is 11.6 Å². The number of aromatic nitrogens is 4. The molecule has 5 rings (SSSR count). The monoisotopic (exact) mass is 488 g/mol. The van der Waals surface area contributed by atoms with E-state index in [-0.39, 0.29) is 30.2 Å². The number of nitrogens with one attached hydrogen (secondary N) is 1. The summed E-state index contributed by atoms with van der Waals surface area (Å²) in [5.41, 5.74) is 0.560. The molecule has 10 nitrogen and oxygen atoms in total. The lowest BCUT2D eigenvalue weighted by Crippen LogP contribution is -2.47. The fourth-order valence-corrected chi connectivity index (χ4v) is 4.51. The average Bonchev–Trinajstić information content (AvgIpc) is 3.67. The first kappa shape index (κ1) is 23.5. The predicted molar refractivity (Wildman–Crippen MR) is 131 cm³/mol. The zero-order chi connectivity index (χ0) is 25.1. The van der Waals surface area contributed by atoms with Crippen molar-refractivity contribution in [2.45, 2.75) is 58.2 Å². The highest BCUT2D eigenvalue weighted by Crippen LogP contribution is 2.30. The molecule has 3 aromatic heterocycles. The van der Waals surface area contributed by atoms with E-state index in [1.165, 1.54) is 9.70 Å². The van der Waals surface area contributed by atoms with Crippen LogP contribution in [0.3, 0.4) is 0 Å². The molecule has 1 N–H and O–H groups in total. The maximum absolute atomic E-state index is 13.8. The van der Waals surface area contributed by atoms with Crippen LogP contribution in [0.4, 0.5) is 5.69 Å².